The number of likely N-dealkylation sites (tertiary alicyclic amines) is 1. The molecule has 3 atom stereocenters. The third-order valence-corrected chi connectivity index (χ3v) is 7.20. The van der Waals surface area contributed by atoms with E-state index in [1.807, 2.05) is 23.5 Å². The van der Waals surface area contributed by atoms with Crippen LogP contribution in [0.1, 0.15) is 50.5 Å². The molecule has 3 unspecified atom stereocenters. The third-order valence-electron chi connectivity index (χ3n) is 7.20. The number of alkyl halides is 3. The zero-order valence-corrected chi connectivity index (χ0v) is 19.3. The summed E-state index contributed by atoms with van der Waals surface area (Å²) in [6, 6.07) is 8.51. The number of nitrogens with one attached hydrogen (secondary N) is 2. The fraction of sp³-hybridized carbons (Fsp3) is 0.667. The number of ether oxygens (including phenoxy) is 2. The highest BCUT2D eigenvalue weighted by molar-refractivity contribution is 5.80. The quantitative estimate of drug-likeness (QED) is 0.673. The number of nitrogens with zero attached hydrogens (tertiary/aromatic N) is 1. The van der Waals surface area contributed by atoms with Crippen molar-refractivity contribution in [2.75, 3.05) is 26.4 Å². The SMILES string of the molecule is CC1CC2(COCC(=O)N2)C(COC2CCC(c3ccccc3)CC2)N1C(=O)NCC(F)(F)F. The predicted molar refractivity (Wildman–Crippen MR) is 118 cm³/mol. The van der Waals surface area contributed by atoms with E-state index < -0.39 is 36.4 Å². The summed E-state index contributed by atoms with van der Waals surface area (Å²) in [5.74, 6) is 0.180. The van der Waals surface area contributed by atoms with Crippen LogP contribution in [0.25, 0.3) is 0 Å². The lowest BCUT2D eigenvalue weighted by Crippen LogP contribution is -2.65. The van der Waals surface area contributed by atoms with E-state index in [1.54, 1.807) is 6.92 Å². The topological polar surface area (TPSA) is 79.9 Å². The van der Waals surface area contributed by atoms with E-state index in [1.165, 1.54) is 10.5 Å². The molecule has 34 heavy (non-hydrogen) atoms. The van der Waals surface area contributed by atoms with Crippen LogP contribution in [-0.2, 0) is 14.3 Å². The lowest BCUT2D eigenvalue weighted by Gasteiger charge is -2.41. The predicted octanol–water partition coefficient (Wildman–Crippen LogP) is 3.35. The first-order valence-corrected chi connectivity index (χ1v) is 11.8. The molecular weight excluding hydrogens is 451 g/mol. The fourth-order valence-corrected chi connectivity index (χ4v) is 5.66. The van der Waals surface area contributed by atoms with Gasteiger partial charge in [0.05, 0.1) is 30.9 Å². The number of carbonyl (C=O) groups is 2. The van der Waals surface area contributed by atoms with Crippen molar-refractivity contribution < 1.29 is 32.2 Å². The van der Waals surface area contributed by atoms with Gasteiger partial charge in [-0.2, -0.15) is 13.2 Å². The smallest absolute Gasteiger partial charge is 0.376 e. The number of morpholine rings is 1. The number of carbonyl (C=O) groups excluding carboxylic acids is 2. The molecule has 4 rings (SSSR count). The standard InChI is InChI=1S/C24H32F3N3O4/c1-16-11-23(15-33-13-21(31)29-23)20(30(16)22(32)28-14-24(25,26)27)12-34-19-9-7-18(8-10-19)17-5-3-2-4-6-17/h2-6,16,18-20H,7-15H2,1H3,(H,28,32)(H,29,31). The molecule has 188 valence electrons. The summed E-state index contributed by atoms with van der Waals surface area (Å²) in [5, 5.41) is 4.93. The van der Waals surface area contributed by atoms with E-state index in [0.29, 0.717) is 12.3 Å². The molecule has 0 bridgehead atoms. The third kappa shape index (κ3) is 5.66. The van der Waals surface area contributed by atoms with E-state index in [2.05, 4.69) is 17.4 Å². The van der Waals surface area contributed by atoms with Crippen LogP contribution >= 0.6 is 0 Å². The number of amides is 3. The van der Waals surface area contributed by atoms with Crippen molar-refractivity contribution in [1.29, 1.82) is 0 Å². The van der Waals surface area contributed by atoms with Gasteiger partial charge < -0.3 is 25.0 Å². The maximum Gasteiger partial charge on any atom is 0.405 e. The number of benzene rings is 1. The highest BCUT2D eigenvalue weighted by Gasteiger charge is 2.55. The highest BCUT2D eigenvalue weighted by Crippen LogP contribution is 2.38. The molecule has 2 saturated heterocycles. The van der Waals surface area contributed by atoms with Crippen molar-refractivity contribution in [3.05, 3.63) is 35.9 Å². The first kappa shape index (κ1) is 24.8. The lowest BCUT2D eigenvalue weighted by atomic mass is 9.82. The van der Waals surface area contributed by atoms with Gasteiger partial charge in [-0.3, -0.25) is 4.79 Å². The minimum absolute atomic E-state index is 0.00628. The monoisotopic (exact) mass is 483 g/mol. The summed E-state index contributed by atoms with van der Waals surface area (Å²) in [6.07, 6.45) is -0.453. The molecule has 1 aromatic carbocycles. The molecule has 0 aromatic heterocycles. The van der Waals surface area contributed by atoms with Crippen LogP contribution in [0.15, 0.2) is 30.3 Å². The Labute approximate surface area is 197 Å². The number of hydrogen-bond donors (Lipinski definition) is 2. The van der Waals surface area contributed by atoms with E-state index >= 15 is 0 Å². The van der Waals surface area contributed by atoms with Gasteiger partial charge >= 0.3 is 12.2 Å². The molecule has 2 heterocycles. The van der Waals surface area contributed by atoms with Crippen molar-refractivity contribution in [3.8, 4) is 0 Å². The molecule has 2 aliphatic heterocycles. The van der Waals surface area contributed by atoms with Crippen LogP contribution in [0.5, 0.6) is 0 Å². The number of urea groups is 1. The van der Waals surface area contributed by atoms with Crippen molar-refractivity contribution in [2.45, 2.75) is 74.8 Å². The summed E-state index contributed by atoms with van der Waals surface area (Å²) < 4.78 is 49.8. The molecule has 3 amide bonds. The number of hydrogen-bond acceptors (Lipinski definition) is 4. The van der Waals surface area contributed by atoms with Crippen LogP contribution in [0.4, 0.5) is 18.0 Å². The second kappa shape index (κ2) is 10.1. The Hall–Kier alpha value is -2.33. The summed E-state index contributed by atoms with van der Waals surface area (Å²) >= 11 is 0. The van der Waals surface area contributed by atoms with Crippen molar-refractivity contribution >= 4 is 11.9 Å². The van der Waals surface area contributed by atoms with Crippen LogP contribution < -0.4 is 10.6 Å². The van der Waals surface area contributed by atoms with Gasteiger partial charge in [-0.1, -0.05) is 30.3 Å². The van der Waals surface area contributed by atoms with Crippen molar-refractivity contribution in [3.63, 3.8) is 0 Å². The summed E-state index contributed by atoms with van der Waals surface area (Å²) in [6.45, 7) is 0.575. The molecule has 2 N–H and O–H groups in total. The van der Waals surface area contributed by atoms with Crippen molar-refractivity contribution in [2.24, 2.45) is 0 Å². The van der Waals surface area contributed by atoms with Gasteiger partial charge in [0, 0.05) is 6.04 Å². The fourth-order valence-electron chi connectivity index (χ4n) is 5.66. The molecule has 0 radical (unpaired) electrons. The van der Waals surface area contributed by atoms with E-state index in [9.17, 15) is 22.8 Å². The Kier molecular flexibility index (Phi) is 7.37. The van der Waals surface area contributed by atoms with Crippen LogP contribution in [0, 0.1) is 0 Å². The maximum atomic E-state index is 12.8. The van der Waals surface area contributed by atoms with Crippen LogP contribution in [0.3, 0.4) is 0 Å². The lowest BCUT2D eigenvalue weighted by molar-refractivity contribution is -0.137. The second-order valence-corrected chi connectivity index (χ2v) is 9.66. The summed E-state index contributed by atoms with van der Waals surface area (Å²) in [5.41, 5.74) is 0.435. The van der Waals surface area contributed by atoms with Crippen LogP contribution in [-0.4, -0.2) is 73.1 Å². The normalized spacial score (nSPS) is 32.0. The zero-order valence-electron chi connectivity index (χ0n) is 19.3. The van der Waals surface area contributed by atoms with E-state index in [-0.39, 0.29) is 31.8 Å². The minimum atomic E-state index is -4.51. The van der Waals surface area contributed by atoms with Gasteiger partial charge in [0.25, 0.3) is 0 Å². The van der Waals surface area contributed by atoms with Gasteiger partial charge in [-0.15, -0.1) is 0 Å². The van der Waals surface area contributed by atoms with E-state index in [0.717, 1.165) is 25.7 Å². The number of halogens is 3. The first-order valence-electron chi connectivity index (χ1n) is 11.8. The first-order chi connectivity index (χ1) is 16.2. The Morgan fingerprint density at radius 1 is 1.24 bits per heavy atom. The minimum Gasteiger partial charge on any atom is -0.376 e. The highest BCUT2D eigenvalue weighted by atomic mass is 19.4. The average molecular weight is 484 g/mol. The molecule has 1 aliphatic carbocycles. The second-order valence-electron chi connectivity index (χ2n) is 9.66. The van der Waals surface area contributed by atoms with Gasteiger partial charge in [-0.25, -0.2) is 4.79 Å². The Balaban J connectivity index is 1.42. The molecule has 3 fully saturated rings. The molecular formula is C24H32F3N3O4. The van der Waals surface area contributed by atoms with Gasteiger partial charge in [0.1, 0.15) is 13.2 Å². The summed E-state index contributed by atoms with van der Waals surface area (Å²) in [4.78, 5) is 26.3. The molecule has 1 aromatic rings. The summed E-state index contributed by atoms with van der Waals surface area (Å²) in [7, 11) is 0. The molecule has 3 aliphatic rings. The molecule has 7 nitrogen and oxygen atoms in total. The Morgan fingerprint density at radius 2 is 1.94 bits per heavy atom. The molecule has 10 heteroatoms. The Bertz CT molecular complexity index is 861. The average Bonchev–Trinajstić information content (AvgIpc) is 3.06. The van der Waals surface area contributed by atoms with Gasteiger partial charge in [0.2, 0.25) is 5.91 Å². The number of rotatable bonds is 5. The largest absolute Gasteiger partial charge is 0.405 e. The van der Waals surface area contributed by atoms with Gasteiger partial charge in [-0.05, 0) is 50.5 Å². The maximum absolute atomic E-state index is 12.8. The Morgan fingerprint density at radius 3 is 2.59 bits per heavy atom. The van der Waals surface area contributed by atoms with Crippen LogP contribution in [0.2, 0.25) is 0 Å². The van der Waals surface area contributed by atoms with Gasteiger partial charge in [0.15, 0.2) is 0 Å². The zero-order chi connectivity index (χ0) is 24.3. The van der Waals surface area contributed by atoms with E-state index in [4.69, 9.17) is 9.47 Å². The molecule has 1 spiro atoms. The van der Waals surface area contributed by atoms with Crippen molar-refractivity contribution in [1.82, 2.24) is 15.5 Å². The molecule has 1 saturated carbocycles.